The van der Waals surface area contributed by atoms with Crippen molar-refractivity contribution in [3.05, 3.63) is 34.9 Å². The maximum absolute atomic E-state index is 13.1. The van der Waals surface area contributed by atoms with Crippen LogP contribution in [-0.4, -0.2) is 72.1 Å². The fourth-order valence-electron chi connectivity index (χ4n) is 4.00. The van der Waals surface area contributed by atoms with Crippen LogP contribution in [0.3, 0.4) is 0 Å². The number of fused-ring (bicyclic) bond motifs is 1. The van der Waals surface area contributed by atoms with Crippen molar-refractivity contribution in [1.29, 1.82) is 0 Å². The summed E-state index contributed by atoms with van der Waals surface area (Å²) in [5.74, 6) is 0.367. The van der Waals surface area contributed by atoms with Crippen LogP contribution >= 0.6 is 11.6 Å². The van der Waals surface area contributed by atoms with Crippen LogP contribution in [0.5, 0.6) is 0 Å². The number of ether oxygens (including phenoxy) is 1. The molecule has 3 amide bonds. The minimum absolute atomic E-state index is 0.0231. The molecule has 0 N–H and O–H groups in total. The van der Waals surface area contributed by atoms with Gasteiger partial charge in [-0.2, -0.15) is 0 Å². The average molecular weight is 394 g/mol. The number of carbonyl (C=O) groups is 2. The molecule has 0 saturated carbocycles. The van der Waals surface area contributed by atoms with Crippen molar-refractivity contribution >= 4 is 23.5 Å². The lowest BCUT2D eigenvalue weighted by atomic mass is 9.97. The summed E-state index contributed by atoms with van der Waals surface area (Å²) in [7, 11) is 1.64. The fraction of sp³-hybridized carbons (Fsp3) is 0.600. The molecule has 2 atom stereocenters. The smallest absolute Gasteiger partial charge is 0.321 e. The first-order chi connectivity index (χ1) is 12.9. The van der Waals surface area contributed by atoms with Crippen LogP contribution < -0.4 is 0 Å². The van der Waals surface area contributed by atoms with Crippen LogP contribution in [0.2, 0.25) is 5.02 Å². The van der Waals surface area contributed by atoms with Gasteiger partial charge in [-0.25, -0.2) is 4.79 Å². The first-order valence-corrected chi connectivity index (χ1v) is 9.88. The van der Waals surface area contributed by atoms with Crippen molar-refractivity contribution in [3.8, 4) is 0 Å². The van der Waals surface area contributed by atoms with E-state index in [2.05, 4.69) is 13.8 Å². The maximum Gasteiger partial charge on any atom is 0.321 e. The normalized spacial score (nSPS) is 22.8. The third-order valence-corrected chi connectivity index (χ3v) is 5.44. The number of hydrogen-bond donors (Lipinski definition) is 0. The molecule has 0 unspecified atom stereocenters. The fourth-order valence-corrected chi connectivity index (χ4v) is 4.21. The molecule has 2 heterocycles. The number of nitrogens with zero attached hydrogens (tertiary/aromatic N) is 3. The maximum atomic E-state index is 13.1. The van der Waals surface area contributed by atoms with Gasteiger partial charge in [0.2, 0.25) is 5.91 Å². The number of hydrogen-bond acceptors (Lipinski definition) is 3. The quantitative estimate of drug-likeness (QED) is 0.715. The molecule has 3 rings (SSSR count). The number of carbonyl (C=O) groups excluding carboxylic acids is 2. The number of benzene rings is 1. The summed E-state index contributed by atoms with van der Waals surface area (Å²) in [5, 5.41) is 0.662. The molecular weight excluding hydrogens is 366 g/mol. The first-order valence-electron chi connectivity index (χ1n) is 9.50. The van der Waals surface area contributed by atoms with Gasteiger partial charge in [-0.3, -0.25) is 4.79 Å². The molecule has 148 valence electrons. The standard InChI is InChI=1S/C20H28ClN3O3/c1-14(2)9-18-19(25)22(7-8-27-3)12-17-13-23(20(26)24(17)18)11-15-5-4-6-16(21)10-15/h4-6,10,14,17-18H,7-9,11-13H2,1-3H3/t17-,18+/m1/s1. The lowest BCUT2D eigenvalue weighted by Gasteiger charge is -2.42. The van der Waals surface area contributed by atoms with Gasteiger partial charge in [-0.15, -0.1) is 0 Å². The summed E-state index contributed by atoms with van der Waals surface area (Å²) in [6, 6.07) is 7.15. The molecule has 0 radical (unpaired) electrons. The Labute approximate surface area is 166 Å². The van der Waals surface area contributed by atoms with E-state index in [1.54, 1.807) is 7.11 Å². The number of rotatable bonds is 7. The average Bonchev–Trinajstić information content (AvgIpc) is 2.91. The molecule has 1 aromatic rings. The second-order valence-electron chi connectivity index (χ2n) is 7.78. The molecule has 2 saturated heterocycles. The highest BCUT2D eigenvalue weighted by atomic mass is 35.5. The summed E-state index contributed by atoms with van der Waals surface area (Å²) in [6.45, 7) is 6.93. The summed E-state index contributed by atoms with van der Waals surface area (Å²) in [6.07, 6.45) is 0.676. The molecule has 2 aliphatic heterocycles. The molecule has 6 nitrogen and oxygen atoms in total. The van der Waals surface area contributed by atoms with E-state index in [-0.39, 0.29) is 18.0 Å². The van der Waals surface area contributed by atoms with E-state index >= 15 is 0 Å². The van der Waals surface area contributed by atoms with Crippen LogP contribution in [0.1, 0.15) is 25.8 Å². The number of piperazine rings is 1. The highest BCUT2D eigenvalue weighted by Gasteiger charge is 2.49. The largest absolute Gasteiger partial charge is 0.383 e. The molecule has 0 aromatic heterocycles. The SMILES string of the molecule is COCCN1C[C@@H]2CN(Cc3cccc(Cl)c3)C(=O)N2[C@@H](CC(C)C)C1=O. The third-order valence-electron chi connectivity index (χ3n) is 5.20. The molecule has 27 heavy (non-hydrogen) atoms. The molecular formula is C20H28ClN3O3. The van der Waals surface area contributed by atoms with Crippen molar-refractivity contribution in [1.82, 2.24) is 14.7 Å². The van der Waals surface area contributed by atoms with Gasteiger partial charge in [0, 0.05) is 38.3 Å². The zero-order valence-electron chi connectivity index (χ0n) is 16.2. The number of amides is 3. The van der Waals surface area contributed by atoms with Crippen LogP contribution in [0.4, 0.5) is 4.79 Å². The zero-order chi connectivity index (χ0) is 19.6. The first kappa shape index (κ1) is 20.0. The van der Waals surface area contributed by atoms with E-state index in [4.69, 9.17) is 16.3 Å². The van der Waals surface area contributed by atoms with Gasteiger partial charge in [-0.1, -0.05) is 37.6 Å². The van der Waals surface area contributed by atoms with Gasteiger partial charge < -0.3 is 19.4 Å². The van der Waals surface area contributed by atoms with Crippen molar-refractivity contribution in [2.24, 2.45) is 5.92 Å². The molecule has 7 heteroatoms. The van der Waals surface area contributed by atoms with Crippen LogP contribution in [-0.2, 0) is 16.1 Å². The van der Waals surface area contributed by atoms with E-state index in [0.29, 0.717) is 50.1 Å². The molecule has 1 aromatic carbocycles. The van der Waals surface area contributed by atoms with Gasteiger partial charge in [0.05, 0.1) is 12.6 Å². The number of urea groups is 1. The Bertz CT molecular complexity index is 697. The molecule has 2 fully saturated rings. The topological polar surface area (TPSA) is 53.1 Å². The third kappa shape index (κ3) is 4.38. The number of methoxy groups -OCH3 is 1. The second kappa shape index (κ2) is 8.48. The van der Waals surface area contributed by atoms with Crippen molar-refractivity contribution in [3.63, 3.8) is 0 Å². The van der Waals surface area contributed by atoms with E-state index < -0.39 is 6.04 Å². The number of halogens is 1. The predicted octanol–water partition coefficient (Wildman–Crippen LogP) is 2.85. The summed E-state index contributed by atoms with van der Waals surface area (Å²) in [4.78, 5) is 31.6. The Kier molecular flexibility index (Phi) is 6.27. The van der Waals surface area contributed by atoms with Crippen molar-refractivity contribution in [2.75, 3.05) is 33.4 Å². The van der Waals surface area contributed by atoms with Gasteiger partial charge >= 0.3 is 6.03 Å². The Morgan fingerprint density at radius 1 is 1.22 bits per heavy atom. The Balaban J connectivity index is 1.79. The Hall–Kier alpha value is -1.79. The van der Waals surface area contributed by atoms with Crippen molar-refractivity contribution < 1.29 is 14.3 Å². The highest BCUT2D eigenvalue weighted by Crippen LogP contribution is 2.30. The molecule has 2 aliphatic rings. The lowest BCUT2D eigenvalue weighted by molar-refractivity contribution is -0.143. The van der Waals surface area contributed by atoms with Gasteiger partial charge in [-0.05, 0) is 30.0 Å². The Morgan fingerprint density at radius 3 is 2.63 bits per heavy atom. The zero-order valence-corrected chi connectivity index (χ0v) is 17.0. The van der Waals surface area contributed by atoms with E-state index in [0.717, 1.165) is 5.56 Å². The van der Waals surface area contributed by atoms with Gasteiger partial charge in [0.25, 0.3) is 0 Å². The van der Waals surface area contributed by atoms with Gasteiger partial charge in [0.15, 0.2) is 0 Å². The highest BCUT2D eigenvalue weighted by molar-refractivity contribution is 6.30. The summed E-state index contributed by atoms with van der Waals surface area (Å²) in [5.41, 5.74) is 0.999. The molecule has 0 aliphatic carbocycles. The van der Waals surface area contributed by atoms with Crippen LogP contribution in [0, 0.1) is 5.92 Å². The van der Waals surface area contributed by atoms with Crippen LogP contribution in [0.25, 0.3) is 0 Å². The predicted molar refractivity (Wildman–Crippen MR) is 105 cm³/mol. The van der Waals surface area contributed by atoms with Crippen LogP contribution in [0.15, 0.2) is 24.3 Å². The summed E-state index contributed by atoms with van der Waals surface area (Å²) < 4.78 is 5.16. The summed E-state index contributed by atoms with van der Waals surface area (Å²) >= 11 is 6.08. The Morgan fingerprint density at radius 2 is 1.96 bits per heavy atom. The van der Waals surface area contributed by atoms with E-state index in [1.165, 1.54) is 0 Å². The molecule has 0 spiro atoms. The second-order valence-corrected chi connectivity index (χ2v) is 8.21. The van der Waals surface area contributed by atoms with E-state index in [1.807, 2.05) is 39.0 Å². The minimum Gasteiger partial charge on any atom is -0.383 e. The monoisotopic (exact) mass is 393 g/mol. The van der Waals surface area contributed by atoms with Gasteiger partial charge in [0.1, 0.15) is 6.04 Å². The minimum atomic E-state index is -0.391. The van der Waals surface area contributed by atoms with Crippen molar-refractivity contribution in [2.45, 2.75) is 38.9 Å². The lowest BCUT2D eigenvalue weighted by Crippen LogP contribution is -2.61. The molecule has 0 bridgehead atoms. The van der Waals surface area contributed by atoms with E-state index in [9.17, 15) is 9.59 Å².